The van der Waals surface area contributed by atoms with Crippen molar-refractivity contribution in [2.24, 2.45) is 0 Å². The third-order valence-corrected chi connectivity index (χ3v) is 2.70. The monoisotopic (exact) mass is 241 g/mol. The molecule has 6 heteroatoms. The van der Waals surface area contributed by atoms with Crippen LogP contribution in [0.1, 0.15) is 13.8 Å². The fourth-order valence-electron chi connectivity index (χ4n) is 2.11. The largest absolute Gasteiger partial charge is 0.406 e. The Bertz CT molecular complexity index is 219. The van der Waals surface area contributed by atoms with Gasteiger partial charge in [-0.15, -0.1) is 0 Å². The second-order valence-corrected chi connectivity index (χ2v) is 4.24. The lowest BCUT2D eigenvalue weighted by atomic mass is 10.1. The number of hydrogen-bond donors (Lipinski definition) is 0. The molecule has 3 nitrogen and oxygen atoms in total. The molecule has 1 aliphatic heterocycles. The topological polar surface area (TPSA) is 21.7 Å². The van der Waals surface area contributed by atoms with E-state index < -0.39 is 12.2 Å². The molecule has 0 aromatic carbocycles. The normalized spacial score (nSPS) is 28.7. The second kappa shape index (κ2) is 5.33. The van der Waals surface area contributed by atoms with E-state index in [4.69, 9.17) is 9.47 Å². The van der Waals surface area contributed by atoms with Crippen LogP contribution in [0.3, 0.4) is 0 Å². The summed E-state index contributed by atoms with van der Waals surface area (Å²) in [6.07, 6.45) is -4.25. The van der Waals surface area contributed by atoms with E-state index in [-0.39, 0.29) is 25.3 Å². The van der Waals surface area contributed by atoms with Gasteiger partial charge in [-0.3, -0.25) is 4.90 Å². The summed E-state index contributed by atoms with van der Waals surface area (Å²) in [6.45, 7) is 3.77. The molecule has 0 radical (unpaired) electrons. The third kappa shape index (κ3) is 3.09. The molecule has 1 saturated heterocycles. The first-order valence-electron chi connectivity index (χ1n) is 5.28. The van der Waals surface area contributed by atoms with Crippen LogP contribution in [0.25, 0.3) is 0 Å². The van der Waals surface area contributed by atoms with Crippen molar-refractivity contribution in [1.82, 2.24) is 4.90 Å². The highest BCUT2D eigenvalue weighted by molar-refractivity contribution is 4.89. The molecule has 2 unspecified atom stereocenters. The van der Waals surface area contributed by atoms with Gasteiger partial charge < -0.3 is 9.47 Å². The standard InChI is InChI=1S/C10H18F3NO2/c1-7(2)14-8(4-15-3)5-16-6-9(14)10(11,12)13/h7-9H,4-6H2,1-3H3. The van der Waals surface area contributed by atoms with Crippen LogP contribution in [0.5, 0.6) is 0 Å². The Morgan fingerprint density at radius 1 is 1.38 bits per heavy atom. The molecule has 2 atom stereocenters. The summed E-state index contributed by atoms with van der Waals surface area (Å²) in [4.78, 5) is 1.44. The summed E-state index contributed by atoms with van der Waals surface area (Å²) in [5, 5.41) is 0. The maximum atomic E-state index is 12.8. The minimum Gasteiger partial charge on any atom is -0.383 e. The van der Waals surface area contributed by atoms with Crippen molar-refractivity contribution in [3.8, 4) is 0 Å². The molecule has 96 valence electrons. The highest BCUT2D eigenvalue weighted by Gasteiger charge is 2.48. The van der Waals surface area contributed by atoms with Crippen molar-refractivity contribution in [2.75, 3.05) is 26.9 Å². The summed E-state index contributed by atoms with van der Waals surface area (Å²) in [5.74, 6) is 0. The number of rotatable bonds is 3. The Kier molecular flexibility index (Phi) is 4.58. The number of hydrogen-bond acceptors (Lipinski definition) is 3. The first-order chi connectivity index (χ1) is 7.38. The molecule has 0 N–H and O–H groups in total. The van der Waals surface area contributed by atoms with Gasteiger partial charge in [0.05, 0.1) is 25.9 Å². The average Bonchev–Trinajstić information content (AvgIpc) is 2.16. The van der Waals surface area contributed by atoms with Crippen LogP contribution < -0.4 is 0 Å². The lowest BCUT2D eigenvalue weighted by molar-refractivity contribution is -0.232. The number of nitrogens with zero attached hydrogens (tertiary/aromatic N) is 1. The minimum atomic E-state index is -4.25. The number of morpholine rings is 1. The van der Waals surface area contributed by atoms with Gasteiger partial charge in [0.2, 0.25) is 0 Å². The van der Waals surface area contributed by atoms with Gasteiger partial charge in [-0.25, -0.2) is 0 Å². The lowest BCUT2D eigenvalue weighted by Crippen LogP contribution is -2.61. The molecule has 0 bridgehead atoms. The van der Waals surface area contributed by atoms with Crippen molar-refractivity contribution in [2.45, 2.75) is 38.1 Å². The maximum absolute atomic E-state index is 12.8. The average molecular weight is 241 g/mol. The zero-order valence-corrected chi connectivity index (χ0v) is 9.75. The summed E-state index contributed by atoms with van der Waals surface area (Å²) in [6, 6.07) is -2.04. The van der Waals surface area contributed by atoms with Gasteiger partial charge in [0, 0.05) is 13.2 Å². The van der Waals surface area contributed by atoms with Crippen LogP contribution in [0, 0.1) is 0 Å². The number of ether oxygens (including phenoxy) is 2. The number of halogens is 3. The number of methoxy groups -OCH3 is 1. The molecular formula is C10H18F3NO2. The second-order valence-electron chi connectivity index (χ2n) is 4.24. The summed E-state index contributed by atoms with van der Waals surface area (Å²) < 4.78 is 48.4. The Balaban J connectivity index is 2.82. The van der Waals surface area contributed by atoms with E-state index in [1.807, 2.05) is 0 Å². The molecule has 1 heterocycles. The zero-order valence-electron chi connectivity index (χ0n) is 9.75. The van der Waals surface area contributed by atoms with E-state index in [9.17, 15) is 13.2 Å². The third-order valence-electron chi connectivity index (χ3n) is 2.70. The summed E-state index contributed by atoms with van der Waals surface area (Å²) in [7, 11) is 1.48. The van der Waals surface area contributed by atoms with Crippen LogP contribution in [0.15, 0.2) is 0 Å². The molecule has 1 fully saturated rings. The minimum absolute atomic E-state index is 0.185. The molecule has 0 spiro atoms. The van der Waals surface area contributed by atoms with Gasteiger partial charge >= 0.3 is 6.18 Å². The van der Waals surface area contributed by atoms with Crippen molar-refractivity contribution >= 4 is 0 Å². The van der Waals surface area contributed by atoms with E-state index in [2.05, 4.69) is 0 Å². The molecule has 0 aliphatic carbocycles. The Morgan fingerprint density at radius 2 is 2.00 bits per heavy atom. The Labute approximate surface area is 93.5 Å². The fourth-order valence-corrected chi connectivity index (χ4v) is 2.11. The Hall–Kier alpha value is -0.330. The van der Waals surface area contributed by atoms with Crippen molar-refractivity contribution in [3.63, 3.8) is 0 Å². The van der Waals surface area contributed by atoms with Gasteiger partial charge in [0.1, 0.15) is 6.04 Å². The quantitative estimate of drug-likeness (QED) is 0.750. The van der Waals surface area contributed by atoms with Crippen molar-refractivity contribution < 1.29 is 22.6 Å². The van der Waals surface area contributed by atoms with E-state index in [1.165, 1.54) is 12.0 Å². The van der Waals surface area contributed by atoms with Crippen LogP contribution in [-0.2, 0) is 9.47 Å². The van der Waals surface area contributed by atoms with Crippen molar-refractivity contribution in [3.05, 3.63) is 0 Å². The highest BCUT2D eigenvalue weighted by atomic mass is 19.4. The zero-order chi connectivity index (χ0) is 12.3. The SMILES string of the molecule is COCC1COCC(C(F)(F)F)N1C(C)C. The predicted octanol–water partition coefficient (Wildman–Crippen LogP) is 1.67. The number of alkyl halides is 3. The summed E-state index contributed by atoms with van der Waals surface area (Å²) in [5.41, 5.74) is 0. The van der Waals surface area contributed by atoms with Gasteiger partial charge in [-0.1, -0.05) is 0 Å². The van der Waals surface area contributed by atoms with E-state index >= 15 is 0 Å². The Morgan fingerprint density at radius 3 is 2.44 bits per heavy atom. The fraction of sp³-hybridized carbons (Fsp3) is 1.00. The molecule has 0 aromatic heterocycles. The van der Waals surface area contributed by atoms with Crippen LogP contribution in [0.4, 0.5) is 13.2 Å². The van der Waals surface area contributed by atoms with Gasteiger partial charge in [-0.2, -0.15) is 13.2 Å². The molecule has 0 saturated carbocycles. The first kappa shape index (κ1) is 13.7. The predicted molar refractivity (Wildman–Crippen MR) is 53.3 cm³/mol. The lowest BCUT2D eigenvalue weighted by Gasteiger charge is -2.44. The van der Waals surface area contributed by atoms with Gasteiger partial charge in [0.25, 0.3) is 0 Å². The molecule has 1 aliphatic rings. The van der Waals surface area contributed by atoms with Crippen LogP contribution in [0.2, 0.25) is 0 Å². The van der Waals surface area contributed by atoms with Crippen LogP contribution >= 0.6 is 0 Å². The van der Waals surface area contributed by atoms with E-state index in [0.717, 1.165) is 0 Å². The van der Waals surface area contributed by atoms with Crippen LogP contribution in [-0.4, -0.2) is 56.1 Å². The van der Waals surface area contributed by atoms with E-state index in [0.29, 0.717) is 6.61 Å². The molecule has 1 rings (SSSR count). The van der Waals surface area contributed by atoms with Crippen molar-refractivity contribution in [1.29, 1.82) is 0 Å². The smallest absolute Gasteiger partial charge is 0.383 e. The summed E-state index contributed by atoms with van der Waals surface area (Å²) >= 11 is 0. The van der Waals surface area contributed by atoms with E-state index in [1.54, 1.807) is 13.8 Å². The molecular weight excluding hydrogens is 223 g/mol. The van der Waals surface area contributed by atoms with Gasteiger partial charge in [-0.05, 0) is 13.8 Å². The molecule has 16 heavy (non-hydrogen) atoms. The highest BCUT2D eigenvalue weighted by Crippen LogP contribution is 2.30. The molecule has 0 amide bonds. The maximum Gasteiger partial charge on any atom is 0.406 e. The first-order valence-corrected chi connectivity index (χ1v) is 5.28. The van der Waals surface area contributed by atoms with Gasteiger partial charge in [0.15, 0.2) is 0 Å². The molecule has 0 aromatic rings.